The molecule has 1 atom stereocenters. The molecule has 4 aliphatic carbocycles. The maximum Gasteiger partial charge on any atom is 0.331 e. The highest BCUT2D eigenvalue weighted by atomic mass is 16.6. The molecule has 4 saturated carbocycles. The predicted molar refractivity (Wildman–Crippen MR) is 118 cm³/mol. The zero-order chi connectivity index (χ0) is 23.5. The number of ether oxygens (including phenoxy) is 1. The van der Waals surface area contributed by atoms with E-state index in [2.05, 4.69) is 5.32 Å². The van der Waals surface area contributed by atoms with Gasteiger partial charge in [0.25, 0.3) is 11.8 Å². The monoisotopic (exact) mass is 453 g/mol. The fraction of sp³-hybridized carbons (Fsp3) is 0.542. The summed E-state index contributed by atoms with van der Waals surface area (Å²) in [6.45, 7) is 1.93. The maximum absolute atomic E-state index is 13.4. The number of imide groups is 2. The minimum atomic E-state index is -0.794. The lowest BCUT2D eigenvalue weighted by molar-refractivity contribution is -0.385. The molecule has 1 saturated heterocycles. The molecule has 4 amide bonds. The summed E-state index contributed by atoms with van der Waals surface area (Å²) in [5.41, 5.74) is -0.277. The molecular weight excluding hydrogens is 426 g/mol. The van der Waals surface area contributed by atoms with Gasteiger partial charge < -0.3 is 4.74 Å². The number of urea groups is 1. The minimum absolute atomic E-state index is 0.0776. The fourth-order valence-electron chi connectivity index (χ4n) is 7.09. The van der Waals surface area contributed by atoms with Crippen LogP contribution in [-0.2, 0) is 9.59 Å². The van der Waals surface area contributed by atoms with Crippen molar-refractivity contribution in [3.63, 3.8) is 0 Å². The van der Waals surface area contributed by atoms with Crippen LogP contribution in [0.4, 0.5) is 10.5 Å². The van der Waals surface area contributed by atoms with E-state index in [0.717, 1.165) is 19.3 Å². The van der Waals surface area contributed by atoms with Gasteiger partial charge in [0.1, 0.15) is 5.57 Å². The van der Waals surface area contributed by atoms with Gasteiger partial charge in [-0.2, -0.15) is 0 Å². The Labute approximate surface area is 191 Å². The molecule has 5 aliphatic rings. The molecule has 1 N–H and O–H groups in total. The number of carbonyl (C=O) groups excluding carboxylic acids is 3. The molecule has 1 aliphatic heterocycles. The number of amides is 4. The largest absolute Gasteiger partial charge is 0.490 e. The summed E-state index contributed by atoms with van der Waals surface area (Å²) in [7, 11) is 1.33. The quantitative estimate of drug-likeness (QED) is 0.314. The summed E-state index contributed by atoms with van der Waals surface area (Å²) in [5, 5.41) is 13.7. The van der Waals surface area contributed by atoms with E-state index in [1.54, 1.807) is 0 Å². The number of barbiturate groups is 1. The summed E-state index contributed by atoms with van der Waals surface area (Å²) in [6.07, 6.45) is 8.05. The molecule has 174 valence electrons. The summed E-state index contributed by atoms with van der Waals surface area (Å²) in [5.74, 6) is 0.589. The minimum Gasteiger partial charge on any atom is -0.490 e. The van der Waals surface area contributed by atoms with E-state index in [9.17, 15) is 24.5 Å². The average molecular weight is 453 g/mol. The third kappa shape index (κ3) is 3.50. The lowest BCUT2D eigenvalue weighted by atomic mass is 9.47. The van der Waals surface area contributed by atoms with Crippen molar-refractivity contribution < 1.29 is 24.0 Å². The van der Waals surface area contributed by atoms with Gasteiger partial charge in [0.2, 0.25) is 0 Å². The zero-order valence-electron chi connectivity index (χ0n) is 18.7. The molecule has 0 aromatic heterocycles. The number of benzene rings is 1. The molecule has 1 aromatic rings. The van der Waals surface area contributed by atoms with E-state index in [-0.39, 0.29) is 28.5 Å². The fourth-order valence-corrected chi connectivity index (χ4v) is 7.09. The Morgan fingerprint density at radius 2 is 1.76 bits per heavy atom. The first-order chi connectivity index (χ1) is 15.7. The van der Waals surface area contributed by atoms with Crippen molar-refractivity contribution in [1.82, 2.24) is 10.2 Å². The molecule has 0 radical (unpaired) electrons. The second-order valence-corrected chi connectivity index (χ2v) is 10.1. The average Bonchev–Trinajstić information content (AvgIpc) is 2.75. The van der Waals surface area contributed by atoms with E-state index in [0.29, 0.717) is 23.3 Å². The molecule has 0 spiro atoms. The van der Waals surface area contributed by atoms with Crippen LogP contribution in [0.5, 0.6) is 5.75 Å². The standard InChI is InChI=1S/C24H27N3O6/c1-13(24-10-15-5-16(11-24)7-17(6-15)12-24)26-22(29)18(21(28)25-23(26)30)8-14-3-4-20(33-2)19(9-14)27(31)32/h3-4,8-9,13,15-17H,5-7,10-12H2,1-2H3,(H,25,28,30)/b18-8+/t13-,15?,16?,17?,24?/m0/s1. The molecule has 1 aromatic carbocycles. The first-order valence-corrected chi connectivity index (χ1v) is 11.4. The number of nitro groups is 1. The number of methoxy groups -OCH3 is 1. The lowest BCUT2D eigenvalue weighted by Crippen LogP contribution is -2.63. The molecule has 6 rings (SSSR count). The summed E-state index contributed by atoms with van der Waals surface area (Å²) >= 11 is 0. The summed E-state index contributed by atoms with van der Waals surface area (Å²) in [4.78, 5) is 50.8. The van der Waals surface area contributed by atoms with Crippen molar-refractivity contribution in [3.8, 4) is 5.75 Å². The van der Waals surface area contributed by atoms with Crippen molar-refractivity contribution in [3.05, 3.63) is 39.4 Å². The first kappa shape index (κ1) is 21.6. The highest BCUT2D eigenvalue weighted by molar-refractivity contribution is 6.31. The highest BCUT2D eigenvalue weighted by Crippen LogP contribution is 2.62. The SMILES string of the molecule is COc1ccc(/C=C2\C(=O)NC(=O)N([C@@H](C)C34CC5CC(CC(C5)C3)C4)C2=O)cc1[N+](=O)[O-]. The van der Waals surface area contributed by atoms with Gasteiger partial charge in [-0.25, -0.2) is 4.79 Å². The number of nitrogens with zero attached hydrogens (tertiary/aromatic N) is 2. The molecule has 0 unspecified atom stereocenters. The second-order valence-electron chi connectivity index (χ2n) is 10.1. The normalized spacial score (nSPS) is 32.8. The van der Waals surface area contributed by atoms with E-state index in [1.165, 1.54) is 55.5 Å². The third-order valence-corrected chi connectivity index (χ3v) is 8.20. The molecule has 4 bridgehead atoms. The Kier molecular flexibility index (Phi) is 5.02. The molecule has 9 nitrogen and oxygen atoms in total. The van der Waals surface area contributed by atoms with Crippen LogP contribution in [0.15, 0.2) is 23.8 Å². The number of hydrogen-bond donors (Lipinski definition) is 1. The van der Waals surface area contributed by atoms with Crippen molar-refractivity contribution >= 4 is 29.6 Å². The molecule has 9 heteroatoms. The predicted octanol–water partition coefficient (Wildman–Crippen LogP) is 3.67. The Bertz CT molecular complexity index is 1060. The third-order valence-electron chi connectivity index (χ3n) is 8.20. The number of rotatable bonds is 5. The molecule has 33 heavy (non-hydrogen) atoms. The van der Waals surface area contributed by atoms with Crippen molar-refractivity contribution in [2.45, 2.75) is 51.5 Å². The lowest BCUT2D eigenvalue weighted by Gasteiger charge is -2.60. The summed E-state index contributed by atoms with van der Waals surface area (Å²) < 4.78 is 5.01. The topological polar surface area (TPSA) is 119 Å². The van der Waals surface area contributed by atoms with Crippen molar-refractivity contribution in [1.29, 1.82) is 0 Å². The van der Waals surface area contributed by atoms with Crippen LogP contribution in [-0.4, -0.2) is 40.8 Å². The van der Waals surface area contributed by atoms with Crippen molar-refractivity contribution in [2.75, 3.05) is 7.11 Å². The summed E-state index contributed by atoms with van der Waals surface area (Å²) in [6, 6.07) is 3.17. The van der Waals surface area contributed by atoms with Crippen LogP contribution >= 0.6 is 0 Å². The van der Waals surface area contributed by atoms with Crippen LogP contribution in [0.1, 0.15) is 51.0 Å². The maximum atomic E-state index is 13.4. The van der Waals surface area contributed by atoms with Gasteiger partial charge >= 0.3 is 11.7 Å². The Balaban J connectivity index is 1.47. The smallest absolute Gasteiger partial charge is 0.331 e. The molecular formula is C24H27N3O6. The van der Waals surface area contributed by atoms with Gasteiger partial charge in [0.05, 0.1) is 12.0 Å². The Morgan fingerprint density at radius 1 is 1.15 bits per heavy atom. The van der Waals surface area contributed by atoms with Crippen LogP contribution in [0.2, 0.25) is 0 Å². The van der Waals surface area contributed by atoms with Gasteiger partial charge in [-0.05, 0) is 86.3 Å². The number of nitrogens with one attached hydrogen (secondary N) is 1. The van der Waals surface area contributed by atoms with E-state index >= 15 is 0 Å². The van der Waals surface area contributed by atoms with Gasteiger partial charge in [-0.3, -0.25) is 29.9 Å². The first-order valence-electron chi connectivity index (χ1n) is 11.4. The van der Waals surface area contributed by atoms with Gasteiger partial charge in [-0.15, -0.1) is 0 Å². The highest BCUT2D eigenvalue weighted by Gasteiger charge is 2.56. The van der Waals surface area contributed by atoms with Crippen LogP contribution < -0.4 is 10.1 Å². The second kappa shape index (κ2) is 7.67. The number of hydrogen-bond acceptors (Lipinski definition) is 6. The van der Waals surface area contributed by atoms with E-state index in [4.69, 9.17) is 4.74 Å². The Morgan fingerprint density at radius 3 is 2.30 bits per heavy atom. The van der Waals surface area contributed by atoms with Crippen LogP contribution in [0.25, 0.3) is 6.08 Å². The van der Waals surface area contributed by atoms with Crippen LogP contribution in [0.3, 0.4) is 0 Å². The molecule has 1 heterocycles. The van der Waals surface area contributed by atoms with Gasteiger partial charge in [-0.1, -0.05) is 6.07 Å². The van der Waals surface area contributed by atoms with E-state index < -0.39 is 22.8 Å². The Hall–Kier alpha value is -3.23. The zero-order valence-corrected chi connectivity index (χ0v) is 18.7. The van der Waals surface area contributed by atoms with Crippen molar-refractivity contribution in [2.24, 2.45) is 23.2 Å². The van der Waals surface area contributed by atoms with Gasteiger partial charge in [0.15, 0.2) is 5.75 Å². The van der Waals surface area contributed by atoms with Crippen LogP contribution in [0, 0.1) is 33.3 Å². The molecule has 5 fully saturated rings. The number of nitro benzene ring substituents is 1. The van der Waals surface area contributed by atoms with Gasteiger partial charge in [0, 0.05) is 12.1 Å². The number of carbonyl (C=O) groups is 3. The van der Waals surface area contributed by atoms with E-state index in [1.807, 2.05) is 6.92 Å².